The van der Waals surface area contributed by atoms with Gasteiger partial charge in [-0.05, 0) is 12.1 Å². The van der Waals surface area contributed by atoms with Crippen molar-refractivity contribution in [1.29, 1.82) is 0 Å². The molecule has 2 rings (SSSR count). The normalized spacial score (nSPS) is 10.0. The van der Waals surface area contributed by atoms with Gasteiger partial charge >= 0.3 is 0 Å². The average Bonchev–Trinajstić information content (AvgIpc) is 2.49. The molecular formula is C15H17NO5. The van der Waals surface area contributed by atoms with Crippen LogP contribution >= 0.6 is 0 Å². The van der Waals surface area contributed by atoms with Crippen LogP contribution in [0.4, 0.5) is 5.69 Å². The molecule has 0 saturated heterocycles. The summed E-state index contributed by atoms with van der Waals surface area (Å²) in [5, 5.41) is 9.49. The summed E-state index contributed by atoms with van der Waals surface area (Å²) in [7, 11) is 4.56. The molecule has 0 fully saturated rings. The molecule has 0 spiro atoms. The van der Waals surface area contributed by atoms with Crippen molar-refractivity contribution in [3.63, 3.8) is 0 Å². The number of rotatable bonds is 5. The number of aromatic hydroxyl groups is 1. The summed E-state index contributed by atoms with van der Waals surface area (Å²) in [4.78, 5) is 0. The van der Waals surface area contributed by atoms with Crippen molar-refractivity contribution in [2.45, 2.75) is 0 Å². The highest BCUT2D eigenvalue weighted by Gasteiger charge is 2.15. The van der Waals surface area contributed by atoms with Gasteiger partial charge in [-0.1, -0.05) is 0 Å². The molecule has 0 aliphatic heterocycles. The molecule has 2 aromatic rings. The average molecular weight is 291 g/mol. The molecule has 0 bridgehead atoms. The molecular weight excluding hydrogens is 274 g/mol. The highest BCUT2D eigenvalue weighted by atomic mass is 16.5. The Bertz CT molecular complexity index is 617. The number of nitrogen functional groups attached to an aromatic ring is 1. The summed E-state index contributed by atoms with van der Waals surface area (Å²) >= 11 is 0. The molecule has 0 unspecified atom stereocenters. The van der Waals surface area contributed by atoms with Crippen LogP contribution in [0.15, 0.2) is 30.3 Å². The van der Waals surface area contributed by atoms with E-state index in [1.807, 2.05) is 0 Å². The maximum absolute atomic E-state index is 9.49. The van der Waals surface area contributed by atoms with Crippen molar-refractivity contribution in [2.75, 3.05) is 27.1 Å². The number of phenolic OH excluding ortho intramolecular Hbond substituents is 1. The lowest BCUT2D eigenvalue weighted by molar-refractivity contribution is 0.321. The predicted molar refractivity (Wildman–Crippen MR) is 78.7 cm³/mol. The van der Waals surface area contributed by atoms with E-state index in [0.29, 0.717) is 34.4 Å². The lowest BCUT2D eigenvalue weighted by Crippen LogP contribution is -1.97. The first-order valence-electron chi connectivity index (χ1n) is 6.15. The van der Waals surface area contributed by atoms with Crippen molar-refractivity contribution in [1.82, 2.24) is 0 Å². The Balaban J connectivity index is 2.42. The SMILES string of the molecule is COc1cc(Oc2cc(O)ccc2N)cc(OC)c1OC. The third-order valence-corrected chi connectivity index (χ3v) is 2.86. The molecule has 0 amide bonds. The molecule has 0 atom stereocenters. The zero-order chi connectivity index (χ0) is 15.4. The summed E-state index contributed by atoms with van der Waals surface area (Å²) in [5.74, 6) is 2.24. The molecule has 2 aromatic carbocycles. The second kappa shape index (κ2) is 6.13. The fraction of sp³-hybridized carbons (Fsp3) is 0.200. The van der Waals surface area contributed by atoms with Crippen molar-refractivity contribution < 1.29 is 24.1 Å². The van der Waals surface area contributed by atoms with Gasteiger partial charge in [-0.3, -0.25) is 0 Å². The lowest BCUT2D eigenvalue weighted by Gasteiger charge is -2.15. The molecule has 21 heavy (non-hydrogen) atoms. The van der Waals surface area contributed by atoms with Gasteiger partial charge < -0.3 is 29.8 Å². The molecule has 112 valence electrons. The molecule has 3 N–H and O–H groups in total. The van der Waals surface area contributed by atoms with Crippen LogP contribution in [-0.2, 0) is 0 Å². The van der Waals surface area contributed by atoms with Gasteiger partial charge in [0, 0.05) is 18.2 Å². The van der Waals surface area contributed by atoms with Gasteiger partial charge in [0.05, 0.1) is 27.0 Å². The highest BCUT2D eigenvalue weighted by Crippen LogP contribution is 2.42. The molecule has 0 aromatic heterocycles. The van der Waals surface area contributed by atoms with E-state index in [1.54, 1.807) is 18.2 Å². The first kappa shape index (κ1) is 14.6. The van der Waals surface area contributed by atoms with Crippen molar-refractivity contribution in [3.05, 3.63) is 30.3 Å². The number of nitrogens with two attached hydrogens (primary N) is 1. The van der Waals surface area contributed by atoms with Crippen LogP contribution in [0.2, 0.25) is 0 Å². The second-order valence-electron chi connectivity index (χ2n) is 4.19. The van der Waals surface area contributed by atoms with Crippen molar-refractivity contribution in [3.8, 4) is 34.5 Å². The largest absolute Gasteiger partial charge is 0.508 e. The zero-order valence-corrected chi connectivity index (χ0v) is 12.0. The van der Waals surface area contributed by atoms with Gasteiger partial charge in [-0.2, -0.15) is 0 Å². The van der Waals surface area contributed by atoms with Gasteiger partial charge in [0.25, 0.3) is 0 Å². The molecule has 0 heterocycles. The van der Waals surface area contributed by atoms with E-state index in [2.05, 4.69) is 0 Å². The van der Waals surface area contributed by atoms with E-state index in [1.165, 1.54) is 33.5 Å². The quantitative estimate of drug-likeness (QED) is 0.651. The number of anilines is 1. The van der Waals surface area contributed by atoms with Crippen LogP contribution in [0.1, 0.15) is 0 Å². The number of phenols is 1. The number of methoxy groups -OCH3 is 3. The zero-order valence-electron chi connectivity index (χ0n) is 12.0. The summed E-state index contributed by atoms with van der Waals surface area (Å²) < 4.78 is 21.4. The smallest absolute Gasteiger partial charge is 0.203 e. The van der Waals surface area contributed by atoms with E-state index in [-0.39, 0.29) is 5.75 Å². The Labute approximate surface area is 122 Å². The molecule has 0 radical (unpaired) electrons. The Morgan fingerprint density at radius 2 is 1.48 bits per heavy atom. The number of benzene rings is 2. The monoisotopic (exact) mass is 291 g/mol. The van der Waals surface area contributed by atoms with Gasteiger partial charge in [-0.15, -0.1) is 0 Å². The van der Waals surface area contributed by atoms with Crippen LogP contribution in [0, 0.1) is 0 Å². The van der Waals surface area contributed by atoms with E-state index in [0.717, 1.165) is 0 Å². The third kappa shape index (κ3) is 3.05. The minimum atomic E-state index is 0.0617. The molecule has 6 heteroatoms. The third-order valence-electron chi connectivity index (χ3n) is 2.86. The summed E-state index contributed by atoms with van der Waals surface area (Å²) in [6.45, 7) is 0. The number of hydrogen-bond donors (Lipinski definition) is 2. The van der Waals surface area contributed by atoms with Crippen LogP contribution in [-0.4, -0.2) is 26.4 Å². The highest BCUT2D eigenvalue weighted by molar-refractivity contribution is 5.60. The van der Waals surface area contributed by atoms with Crippen LogP contribution in [0.3, 0.4) is 0 Å². The standard InChI is InChI=1S/C15H17NO5/c1-18-13-7-10(8-14(19-2)15(13)20-3)21-12-6-9(17)4-5-11(12)16/h4-8,17H,16H2,1-3H3. The van der Waals surface area contributed by atoms with Gasteiger partial charge in [-0.25, -0.2) is 0 Å². The van der Waals surface area contributed by atoms with E-state index in [4.69, 9.17) is 24.7 Å². The summed E-state index contributed by atoms with van der Waals surface area (Å²) in [6, 6.07) is 7.76. The summed E-state index contributed by atoms with van der Waals surface area (Å²) in [5.41, 5.74) is 6.22. The fourth-order valence-corrected chi connectivity index (χ4v) is 1.85. The van der Waals surface area contributed by atoms with Crippen LogP contribution in [0.25, 0.3) is 0 Å². The van der Waals surface area contributed by atoms with E-state index < -0.39 is 0 Å². The lowest BCUT2D eigenvalue weighted by atomic mass is 10.2. The number of ether oxygens (including phenoxy) is 4. The van der Waals surface area contributed by atoms with Gasteiger partial charge in [0.15, 0.2) is 17.2 Å². The number of hydrogen-bond acceptors (Lipinski definition) is 6. The van der Waals surface area contributed by atoms with Crippen LogP contribution in [0.5, 0.6) is 34.5 Å². The molecule has 0 saturated carbocycles. The predicted octanol–water partition coefficient (Wildman–Crippen LogP) is 2.79. The first-order chi connectivity index (χ1) is 10.1. The van der Waals surface area contributed by atoms with E-state index >= 15 is 0 Å². The summed E-state index contributed by atoms with van der Waals surface area (Å²) in [6.07, 6.45) is 0. The van der Waals surface area contributed by atoms with Crippen molar-refractivity contribution in [2.24, 2.45) is 0 Å². The Morgan fingerprint density at radius 1 is 0.857 bits per heavy atom. The Morgan fingerprint density at radius 3 is 2.00 bits per heavy atom. The maximum Gasteiger partial charge on any atom is 0.203 e. The molecule has 0 aliphatic carbocycles. The molecule has 6 nitrogen and oxygen atoms in total. The topological polar surface area (TPSA) is 83.2 Å². The van der Waals surface area contributed by atoms with Gasteiger partial charge in [0.1, 0.15) is 11.5 Å². The minimum Gasteiger partial charge on any atom is -0.508 e. The maximum atomic E-state index is 9.49. The Hall–Kier alpha value is -2.76. The molecule has 0 aliphatic rings. The second-order valence-corrected chi connectivity index (χ2v) is 4.19. The van der Waals surface area contributed by atoms with Crippen molar-refractivity contribution >= 4 is 5.69 Å². The minimum absolute atomic E-state index is 0.0617. The van der Waals surface area contributed by atoms with E-state index in [9.17, 15) is 5.11 Å². The fourth-order valence-electron chi connectivity index (χ4n) is 1.85. The van der Waals surface area contributed by atoms with Crippen LogP contribution < -0.4 is 24.7 Å². The Kier molecular flexibility index (Phi) is 4.27. The van der Waals surface area contributed by atoms with Gasteiger partial charge in [0.2, 0.25) is 5.75 Å². The first-order valence-corrected chi connectivity index (χ1v) is 6.15.